The van der Waals surface area contributed by atoms with Crippen LogP contribution in [0.5, 0.6) is 0 Å². The lowest BCUT2D eigenvalue weighted by Crippen LogP contribution is -2.37. The maximum Gasteiger partial charge on any atom is 0.112 e. The zero-order valence-electron chi connectivity index (χ0n) is 7.04. The van der Waals surface area contributed by atoms with Gasteiger partial charge in [-0.3, -0.25) is 0 Å². The molecule has 2 aliphatic heterocycles. The molecule has 2 aliphatic rings. The summed E-state index contributed by atoms with van der Waals surface area (Å²) >= 11 is 0. The van der Waals surface area contributed by atoms with Gasteiger partial charge in [-0.15, -0.1) is 0 Å². The second-order valence-corrected chi connectivity index (χ2v) is 3.57. The van der Waals surface area contributed by atoms with Gasteiger partial charge in [-0.25, -0.2) is 0 Å². The molecule has 60 valence electrons. The van der Waals surface area contributed by atoms with Crippen molar-refractivity contribution in [1.82, 2.24) is 0 Å². The molecule has 1 unspecified atom stereocenters. The Labute approximate surface area is 68.7 Å². The second-order valence-electron chi connectivity index (χ2n) is 3.57. The molecule has 0 saturated carbocycles. The van der Waals surface area contributed by atoms with Crippen LogP contribution in [0.25, 0.3) is 0 Å². The van der Waals surface area contributed by atoms with E-state index in [4.69, 9.17) is 17.3 Å². The quantitative estimate of drug-likeness (QED) is 0.514. The van der Waals surface area contributed by atoms with Gasteiger partial charge in [0.05, 0.1) is 18.3 Å². The summed E-state index contributed by atoms with van der Waals surface area (Å²) in [6.45, 7) is 5.01. The van der Waals surface area contributed by atoms with Crippen LogP contribution in [0.15, 0.2) is 0 Å². The van der Waals surface area contributed by atoms with Crippen molar-refractivity contribution in [3.8, 4) is 0 Å². The van der Waals surface area contributed by atoms with E-state index in [2.05, 4.69) is 13.8 Å². The van der Waals surface area contributed by atoms with Crippen molar-refractivity contribution >= 4 is 7.85 Å². The molecule has 0 N–H and O–H groups in total. The van der Waals surface area contributed by atoms with Crippen LogP contribution in [-0.2, 0) is 9.47 Å². The second kappa shape index (κ2) is 2.24. The van der Waals surface area contributed by atoms with Gasteiger partial charge in [0.2, 0.25) is 0 Å². The van der Waals surface area contributed by atoms with E-state index in [0.717, 1.165) is 13.0 Å². The van der Waals surface area contributed by atoms with E-state index in [1.807, 2.05) is 0 Å². The zero-order chi connectivity index (χ0) is 8.06. The summed E-state index contributed by atoms with van der Waals surface area (Å²) in [5, 5.41) is 0. The van der Waals surface area contributed by atoms with Gasteiger partial charge in [0, 0.05) is 11.9 Å². The van der Waals surface area contributed by atoms with Crippen LogP contribution in [-0.4, -0.2) is 32.2 Å². The van der Waals surface area contributed by atoms with Crippen LogP contribution in [0.3, 0.4) is 0 Å². The summed E-state index contributed by atoms with van der Waals surface area (Å²) in [6.07, 6.45) is 1.13. The van der Waals surface area contributed by atoms with E-state index in [0.29, 0.717) is 5.92 Å². The van der Waals surface area contributed by atoms with Crippen molar-refractivity contribution in [2.24, 2.45) is 5.92 Å². The molecule has 11 heavy (non-hydrogen) atoms. The molecular formula is C8H13BO2. The molecular weight excluding hydrogens is 139 g/mol. The van der Waals surface area contributed by atoms with Crippen LogP contribution in [0.4, 0.5) is 0 Å². The smallest absolute Gasteiger partial charge is 0.112 e. The maximum absolute atomic E-state index is 5.72. The number of hydrogen-bond acceptors (Lipinski definition) is 2. The molecule has 2 bridgehead atoms. The average Bonchev–Trinajstić information content (AvgIpc) is 2.42. The first-order valence-electron chi connectivity index (χ1n) is 4.24. The molecule has 0 aromatic rings. The fourth-order valence-electron chi connectivity index (χ4n) is 2.18. The molecule has 2 saturated heterocycles. The average molecular weight is 152 g/mol. The van der Waals surface area contributed by atoms with E-state index >= 15 is 0 Å². The number of hydrogen-bond donors (Lipinski definition) is 0. The van der Waals surface area contributed by atoms with E-state index in [-0.39, 0.29) is 17.7 Å². The van der Waals surface area contributed by atoms with Crippen molar-refractivity contribution in [3.63, 3.8) is 0 Å². The molecule has 0 aliphatic carbocycles. The van der Waals surface area contributed by atoms with Gasteiger partial charge in [0.1, 0.15) is 7.85 Å². The first-order valence-corrected chi connectivity index (χ1v) is 4.24. The number of ether oxygens (including phenoxy) is 2. The Morgan fingerprint density at radius 2 is 2.36 bits per heavy atom. The molecule has 4 atom stereocenters. The Kier molecular flexibility index (Phi) is 1.55. The summed E-state index contributed by atoms with van der Waals surface area (Å²) in [7, 11) is 5.72. The largest absolute Gasteiger partial charge is 0.376 e. The van der Waals surface area contributed by atoms with Crippen molar-refractivity contribution in [1.29, 1.82) is 0 Å². The fourth-order valence-corrected chi connectivity index (χ4v) is 2.18. The van der Waals surface area contributed by atoms with Gasteiger partial charge >= 0.3 is 0 Å². The first kappa shape index (κ1) is 7.62. The third-order valence-corrected chi connectivity index (χ3v) is 3.14. The minimum Gasteiger partial charge on any atom is -0.376 e. The molecule has 2 radical (unpaired) electrons. The van der Waals surface area contributed by atoms with Crippen molar-refractivity contribution in [2.45, 2.75) is 38.0 Å². The Hall–Kier alpha value is -0.0151. The van der Waals surface area contributed by atoms with Crippen LogP contribution in [0, 0.1) is 5.92 Å². The van der Waals surface area contributed by atoms with Gasteiger partial charge in [-0.05, 0) is 6.42 Å². The maximum atomic E-state index is 5.72. The summed E-state index contributed by atoms with van der Waals surface area (Å²) in [4.78, 5) is 0. The number of rotatable bonds is 1. The predicted octanol–water partition coefficient (Wildman–Crippen LogP) is 0.695. The highest BCUT2D eigenvalue weighted by Crippen LogP contribution is 2.45. The molecule has 0 aromatic heterocycles. The Bertz CT molecular complexity index is 173. The van der Waals surface area contributed by atoms with Crippen LogP contribution in [0.1, 0.15) is 20.3 Å². The van der Waals surface area contributed by atoms with E-state index < -0.39 is 0 Å². The van der Waals surface area contributed by atoms with Crippen molar-refractivity contribution in [3.05, 3.63) is 0 Å². The lowest BCUT2D eigenvalue weighted by Gasteiger charge is -2.29. The van der Waals surface area contributed by atoms with Crippen LogP contribution >= 0.6 is 0 Å². The third-order valence-electron chi connectivity index (χ3n) is 3.14. The highest BCUT2D eigenvalue weighted by atomic mass is 16.6. The Balaban J connectivity index is 2.24. The zero-order valence-corrected chi connectivity index (χ0v) is 7.04. The molecule has 0 aromatic carbocycles. The van der Waals surface area contributed by atoms with Gasteiger partial charge in [0.25, 0.3) is 0 Å². The fraction of sp³-hybridized carbons (Fsp3) is 1.00. The molecule has 2 heterocycles. The SMILES string of the molecule is [B][C@@H]1OC2(CC)CO[C@@H]1[C@@H]2C. The minimum atomic E-state index is -0.196. The Morgan fingerprint density at radius 1 is 1.64 bits per heavy atom. The molecule has 2 fully saturated rings. The monoisotopic (exact) mass is 152 g/mol. The standard InChI is InChI=1S/C8H13BO2/c1-3-8-4-10-6(5(8)2)7(9)11-8/h5-7H,3-4H2,1-2H3/t5-,6+,7+,8?/m0/s1. The van der Waals surface area contributed by atoms with Crippen LogP contribution < -0.4 is 0 Å². The lowest BCUT2D eigenvalue weighted by molar-refractivity contribution is -0.115. The predicted molar refractivity (Wildman–Crippen MR) is 42.6 cm³/mol. The summed E-state index contributed by atoms with van der Waals surface area (Å²) in [5.74, 6) is 0.461. The minimum absolute atomic E-state index is 0.0654. The van der Waals surface area contributed by atoms with Crippen molar-refractivity contribution < 1.29 is 9.47 Å². The number of fused-ring (bicyclic) bond motifs is 2. The summed E-state index contributed by atoms with van der Waals surface area (Å²) < 4.78 is 11.2. The van der Waals surface area contributed by atoms with Crippen LogP contribution in [0.2, 0.25) is 0 Å². The van der Waals surface area contributed by atoms with E-state index in [1.54, 1.807) is 0 Å². The summed E-state index contributed by atoms with van der Waals surface area (Å²) in [5.41, 5.74) is -0.0654. The normalized spacial score (nSPS) is 55.3. The molecule has 2 rings (SSSR count). The molecule has 2 nitrogen and oxygen atoms in total. The Morgan fingerprint density at radius 3 is 2.64 bits per heavy atom. The van der Waals surface area contributed by atoms with Gasteiger partial charge < -0.3 is 9.47 Å². The highest BCUT2D eigenvalue weighted by molar-refractivity contribution is 6.11. The molecule has 0 amide bonds. The third kappa shape index (κ3) is 0.813. The van der Waals surface area contributed by atoms with E-state index in [1.165, 1.54) is 0 Å². The van der Waals surface area contributed by atoms with E-state index in [9.17, 15) is 0 Å². The van der Waals surface area contributed by atoms with Gasteiger partial charge in [-0.2, -0.15) is 0 Å². The molecule has 3 heteroatoms. The van der Waals surface area contributed by atoms with Crippen molar-refractivity contribution in [2.75, 3.05) is 6.61 Å². The summed E-state index contributed by atoms with van der Waals surface area (Å²) in [6, 6.07) is -0.196. The lowest BCUT2D eigenvalue weighted by atomic mass is 9.85. The topological polar surface area (TPSA) is 18.5 Å². The molecule has 0 spiro atoms. The highest BCUT2D eigenvalue weighted by Gasteiger charge is 2.55. The van der Waals surface area contributed by atoms with Gasteiger partial charge in [0.15, 0.2) is 0 Å². The first-order chi connectivity index (χ1) is 5.19. The van der Waals surface area contributed by atoms with Gasteiger partial charge in [-0.1, -0.05) is 13.8 Å².